The van der Waals surface area contributed by atoms with Crippen LogP contribution in [0.2, 0.25) is 0 Å². The summed E-state index contributed by atoms with van der Waals surface area (Å²) in [6.45, 7) is 9.65. The summed E-state index contributed by atoms with van der Waals surface area (Å²) in [6, 6.07) is 0.393. The molecule has 19 heavy (non-hydrogen) atoms. The summed E-state index contributed by atoms with van der Waals surface area (Å²) in [5.74, 6) is 0.121. The van der Waals surface area contributed by atoms with Crippen LogP contribution in [0.4, 0.5) is 0 Å². The van der Waals surface area contributed by atoms with Gasteiger partial charge in [0.15, 0.2) is 0 Å². The van der Waals surface area contributed by atoms with E-state index in [2.05, 4.69) is 24.3 Å². The molecule has 1 saturated heterocycles. The standard InChI is InChI=1S/C14H24N4O/c1-4-12(5-2)18-11(3)13(10-16-18)14(19)17-8-6-15-7-9-17/h10,12,15H,4-9H2,1-3H3. The molecule has 5 nitrogen and oxygen atoms in total. The smallest absolute Gasteiger partial charge is 0.257 e. The number of aromatic nitrogens is 2. The number of carbonyl (C=O) groups excluding carboxylic acids is 1. The van der Waals surface area contributed by atoms with Crippen LogP contribution >= 0.6 is 0 Å². The number of rotatable bonds is 4. The first-order valence-corrected chi connectivity index (χ1v) is 7.23. The Morgan fingerprint density at radius 1 is 1.37 bits per heavy atom. The second kappa shape index (κ2) is 6.19. The molecule has 0 aromatic carbocycles. The Balaban J connectivity index is 2.18. The van der Waals surface area contributed by atoms with E-state index in [4.69, 9.17) is 0 Å². The molecule has 0 saturated carbocycles. The third kappa shape index (κ3) is 2.81. The van der Waals surface area contributed by atoms with Gasteiger partial charge >= 0.3 is 0 Å². The van der Waals surface area contributed by atoms with Crippen LogP contribution in [0.25, 0.3) is 0 Å². The summed E-state index contributed by atoms with van der Waals surface area (Å²) in [6.07, 6.45) is 3.82. The Kier molecular flexibility index (Phi) is 4.58. The van der Waals surface area contributed by atoms with Crippen LogP contribution in [0, 0.1) is 6.92 Å². The predicted octanol–water partition coefficient (Wildman–Crippen LogP) is 1.60. The summed E-state index contributed by atoms with van der Waals surface area (Å²) in [4.78, 5) is 14.4. The first-order valence-electron chi connectivity index (χ1n) is 7.23. The number of piperazine rings is 1. The van der Waals surface area contributed by atoms with E-state index in [1.165, 1.54) is 0 Å². The van der Waals surface area contributed by atoms with Gasteiger partial charge < -0.3 is 10.2 Å². The van der Waals surface area contributed by atoms with Gasteiger partial charge in [-0.25, -0.2) is 0 Å². The quantitative estimate of drug-likeness (QED) is 0.898. The zero-order valence-electron chi connectivity index (χ0n) is 12.1. The fourth-order valence-corrected chi connectivity index (χ4v) is 2.67. The second-order valence-corrected chi connectivity index (χ2v) is 5.10. The lowest BCUT2D eigenvalue weighted by Gasteiger charge is -2.27. The molecule has 2 heterocycles. The molecule has 0 atom stereocenters. The number of hydrogen-bond acceptors (Lipinski definition) is 3. The number of nitrogens with one attached hydrogen (secondary N) is 1. The van der Waals surface area contributed by atoms with Crippen LogP contribution in [0.3, 0.4) is 0 Å². The second-order valence-electron chi connectivity index (χ2n) is 5.10. The van der Waals surface area contributed by atoms with E-state index in [1.807, 2.05) is 16.5 Å². The van der Waals surface area contributed by atoms with Crippen molar-refractivity contribution in [3.05, 3.63) is 17.5 Å². The Hall–Kier alpha value is -1.36. The molecule has 1 N–H and O–H groups in total. The number of carbonyl (C=O) groups is 1. The average molecular weight is 264 g/mol. The maximum Gasteiger partial charge on any atom is 0.257 e. The van der Waals surface area contributed by atoms with Gasteiger partial charge in [0.05, 0.1) is 17.8 Å². The minimum absolute atomic E-state index is 0.121. The maximum atomic E-state index is 12.5. The van der Waals surface area contributed by atoms with Gasteiger partial charge in [0, 0.05) is 31.9 Å². The molecule has 2 rings (SSSR count). The summed E-state index contributed by atoms with van der Waals surface area (Å²) in [5.41, 5.74) is 1.76. The van der Waals surface area contributed by atoms with Gasteiger partial charge in [-0.2, -0.15) is 5.10 Å². The molecule has 1 amide bonds. The van der Waals surface area contributed by atoms with Crippen LogP contribution in [-0.4, -0.2) is 46.8 Å². The molecule has 0 unspecified atom stereocenters. The molecule has 1 fully saturated rings. The molecule has 1 aromatic rings. The molecule has 0 spiro atoms. The van der Waals surface area contributed by atoms with Gasteiger partial charge in [-0.3, -0.25) is 9.48 Å². The van der Waals surface area contributed by atoms with Crippen molar-refractivity contribution < 1.29 is 4.79 Å². The number of amides is 1. The zero-order chi connectivity index (χ0) is 13.8. The van der Waals surface area contributed by atoms with Crippen molar-refractivity contribution in [3.63, 3.8) is 0 Å². The lowest BCUT2D eigenvalue weighted by molar-refractivity contribution is 0.0735. The summed E-state index contributed by atoms with van der Waals surface area (Å²) in [7, 11) is 0. The molecule has 0 bridgehead atoms. The molecular formula is C14H24N4O. The molecule has 1 aromatic heterocycles. The molecule has 0 radical (unpaired) electrons. The van der Waals surface area contributed by atoms with Gasteiger partial charge in [-0.15, -0.1) is 0 Å². The lowest BCUT2D eigenvalue weighted by Crippen LogP contribution is -2.46. The van der Waals surface area contributed by atoms with E-state index in [9.17, 15) is 4.79 Å². The summed E-state index contributed by atoms with van der Waals surface area (Å²) < 4.78 is 2.01. The monoisotopic (exact) mass is 264 g/mol. The van der Waals surface area contributed by atoms with Gasteiger partial charge in [0.2, 0.25) is 0 Å². The SMILES string of the molecule is CCC(CC)n1ncc(C(=O)N2CCNCC2)c1C. The highest BCUT2D eigenvalue weighted by molar-refractivity contribution is 5.95. The van der Waals surface area contributed by atoms with Crippen molar-refractivity contribution in [1.29, 1.82) is 0 Å². The molecule has 0 aliphatic carbocycles. The minimum atomic E-state index is 0.121. The van der Waals surface area contributed by atoms with Crippen molar-refractivity contribution in [2.45, 2.75) is 39.7 Å². The lowest BCUT2D eigenvalue weighted by atomic mass is 10.1. The van der Waals surface area contributed by atoms with E-state index < -0.39 is 0 Å². The first-order chi connectivity index (χ1) is 9.19. The van der Waals surface area contributed by atoms with Crippen LogP contribution in [0.5, 0.6) is 0 Å². The normalized spacial score (nSPS) is 16.1. The van der Waals surface area contributed by atoms with Crippen LogP contribution in [0.1, 0.15) is 48.8 Å². The summed E-state index contributed by atoms with van der Waals surface area (Å²) in [5, 5.41) is 7.69. The number of hydrogen-bond donors (Lipinski definition) is 1. The van der Waals surface area contributed by atoms with Crippen molar-refractivity contribution in [1.82, 2.24) is 20.0 Å². The van der Waals surface area contributed by atoms with E-state index in [0.29, 0.717) is 6.04 Å². The zero-order valence-corrected chi connectivity index (χ0v) is 12.1. The minimum Gasteiger partial charge on any atom is -0.336 e. The van der Waals surface area contributed by atoms with E-state index >= 15 is 0 Å². The van der Waals surface area contributed by atoms with Crippen molar-refractivity contribution >= 4 is 5.91 Å². The third-order valence-corrected chi connectivity index (χ3v) is 3.97. The van der Waals surface area contributed by atoms with Gasteiger partial charge in [-0.05, 0) is 19.8 Å². The van der Waals surface area contributed by atoms with Crippen molar-refractivity contribution in [2.75, 3.05) is 26.2 Å². The maximum absolute atomic E-state index is 12.5. The largest absolute Gasteiger partial charge is 0.336 e. The van der Waals surface area contributed by atoms with Crippen LogP contribution < -0.4 is 5.32 Å². The van der Waals surface area contributed by atoms with E-state index in [1.54, 1.807) is 6.20 Å². The Morgan fingerprint density at radius 3 is 2.58 bits per heavy atom. The molecular weight excluding hydrogens is 240 g/mol. The van der Waals surface area contributed by atoms with Gasteiger partial charge in [0.1, 0.15) is 0 Å². The molecule has 106 valence electrons. The van der Waals surface area contributed by atoms with Gasteiger partial charge in [0.25, 0.3) is 5.91 Å². The van der Waals surface area contributed by atoms with Crippen molar-refractivity contribution in [2.24, 2.45) is 0 Å². The third-order valence-electron chi connectivity index (χ3n) is 3.97. The van der Waals surface area contributed by atoms with Crippen LogP contribution in [0.15, 0.2) is 6.20 Å². The Morgan fingerprint density at radius 2 is 2.00 bits per heavy atom. The topological polar surface area (TPSA) is 50.2 Å². The fourth-order valence-electron chi connectivity index (χ4n) is 2.67. The highest BCUT2D eigenvalue weighted by atomic mass is 16.2. The Labute approximate surface area is 115 Å². The van der Waals surface area contributed by atoms with E-state index in [0.717, 1.165) is 50.3 Å². The van der Waals surface area contributed by atoms with Gasteiger partial charge in [-0.1, -0.05) is 13.8 Å². The highest BCUT2D eigenvalue weighted by Crippen LogP contribution is 2.20. The number of nitrogens with zero attached hydrogens (tertiary/aromatic N) is 3. The first kappa shape index (κ1) is 14.1. The summed E-state index contributed by atoms with van der Waals surface area (Å²) >= 11 is 0. The predicted molar refractivity (Wildman–Crippen MR) is 75.4 cm³/mol. The Bertz CT molecular complexity index is 431. The average Bonchev–Trinajstić information content (AvgIpc) is 2.83. The molecule has 5 heteroatoms. The van der Waals surface area contributed by atoms with Crippen molar-refractivity contribution in [3.8, 4) is 0 Å². The molecule has 1 aliphatic rings. The van der Waals surface area contributed by atoms with E-state index in [-0.39, 0.29) is 5.91 Å². The highest BCUT2D eigenvalue weighted by Gasteiger charge is 2.23. The van der Waals surface area contributed by atoms with Crippen LogP contribution in [-0.2, 0) is 0 Å². The molecule has 1 aliphatic heterocycles. The fraction of sp³-hybridized carbons (Fsp3) is 0.714.